The monoisotopic (exact) mass is 630 g/mol. The molecule has 5 aliphatic rings. The van der Waals surface area contributed by atoms with Crippen LogP contribution in [0.4, 0.5) is 0 Å². The molecule has 0 amide bonds. The average Bonchev–Trinajstić information content (AvgIpc) is 3.38. The van der Waals surface area contributed by atoms with Crippen molar-refractivity contribution in [2.45, 2.75) is 114 Å². The topological polar surface area (TPSA) is 188 Å². The molecule has 6 rings (SSSR count). The fourth-order valence-corrected chi connectivity index (χ4v) is 10.7. The number of allylic oxidation sites excluding steroid dienone is 1. The number of ether oxygens (including phenoxy) is 1. The molecule has 1 saturated heterocycles. The van der Waals surface area contributed by atoms with Crippen molar-refractivity contribution in [3.8, 4) is 11.5 Å². The molecule has 45 heavy (non-hydrogen) atoms. The molecule has 1 aromatic rings. The van der Waals surface area contributed by atoms with E-state index in [1.54, 1.807) is 6.07 Å². The van der Waals surface area contributed by atoms with Crippen LogP contribution in [0.3, 0.4) is 0 Å². The number of rotatable bonds is 6. The Morgan fingerprint density at radius 3 is 2.36 bits per heavy atom. The zero-order valence-electron chi connectivity index (χ0n) is 26.8. The Bertz CT molecular complexity index is 1380. The third-order valence-electron chi connectivity index (χ3n) is 13.3. The molecule has 0 aromatic heterocycles. The number of aromatic hydroxyl groups is 2. The summed E-state index contributed by atoms with van der Waals surface area (Å²) >= 11 is 0. The first kappa shape index (κ1) is 32.9. The Kier molecular flexibility index (Phi) is 7.84. The fraction of sp³-hybridized carbons (Fsp3) is 0.743. The average molecular weight is 631 g/mol. The second kappa shape index (κ2) is 10.7. The summed E-state index contributed by atoms with van der Waals surface area (Å²) in [6, 6.07) is 4.17. The summed E-state index contributed by atoms with van der Waals surface area (Å²) in [5.41, 5.74) is -3.98. The molecular formula is C35H50O10. The van der Waals surface area contributed by atoms with Crippen molar-refractivity contribution >= 4 is 5.78 Å². The lowest BCUT2D eigenvalue weighted by Crippen LogP contribution is -2.64. The van der Waals surface area contributed by atoms with Crippen LogP contribution in [0.25, 0.3) is 0 Å². The molecule has 1 heterocycles. The van der Waals surface area contributed by atoms with E-state index in [1.807, 2.05) is 34.6 Å². The van der Waals surface area contributed by atoms with Gasteiger partial charge in [0, 0.05) is 42.6 Å². The largest absolute Gasteiger partial charge is 0.504 e. The van der Waals surface area contributed by atoms with Crippen molar-refractivity contribution < 1.29 is 50.4 Å². The summed E-state index contributed by atoms with van der Waals surface area (Å²) in [5.74, 6) is -3.65. The van der Waals surface area contributed by atoms with E-state index >= 15 is 0 Å². The molecule has 0 radical (unpaired) electrons. The summed E-state index contributed by atoms with van der Waals surface area (Å²) in [5, 5.41) is 89.1. The van der Waals surface area contributed by atoms with Crippen LogP contribution in [-0.4, -0.2) is 95.0 Å². The third-order valence-corrected chi connectivity index (χ3v) is 13.3. The van der Waals surface area contributed by atoms with E-state index in [4.69, 9.17) is 4.74 Å². The van der Waals surface area contributed by atoms with Crippen LogP contribution in [0.15, 0.2) is 29.8 Å². The Morgan fingerprint density at radius 2 is 1.73 bits per heavy atom. The van der Waals surface area contributed by atoms with Crippen molar-refractivity contribution in [2.75, 3.05) is 6.61 Å². The number of benzene rings is 1. The smallest absolute Gasteiger partial charge is 0.160 e. The van der Waals surface area contributed by atoms with Gasteiger partial charge in [-0.2, -0.15) is 0 Å². The molecular weight excluding hydrogens is 580 g/mol. The number of hydrogen-bond acceptors (Lipinski definition) is 10. The normalized spacial score (nSPS) is 47.0. The molecule has 8 N–H and O–H groups in total. The lowest BCUT2D eigenvalue weighted by molar-refractivity contribution is -0.185. The van der Waals surface area contributed by atoms with Crippen molar-refractivity contribution in [3.05, 3.63) is 35.4 Å². The van der Waals surface area contributed by atoms with E-state index in [0.29, 0.717) is 24.0 Å². The summed E-state index contributed by atoms with van der Waals surface area (Å²) in [6.45, 7) is 9.42. The highest BCUT2D eigenvalue weighted by molar-refractivity contribution is 5.96. The van der Waals surface area contributed by atoms with E-state index in [1.165, 1.54) is 18.2 Å². The molecule has 4 fully saturated rings. The maximum atomic E-state index is 14.2. The van der Waals surface area contributed by atoms with Gasteiger partial charge in [0.05, 0.1) is 30.0 Å². The van der Waals surface area contributed by atoms with Crippen LogP contribution < -0.4 is 0 Å². The standard InChI is InChI=1S/C35H50O10/c1-16(2)17(3)28(41)31-34(43,10-11-36)30-25(45-31)15-35(44)20-13-23(39)27-26(18-6-7-21(37)22(38)12-18)29(42)24(40)14-32(27,4)19(20)8-9-33(30,35)5/h6-7,12-13,16-17,19,24-31,36-38,40-44H,8-11,14-15H2,1-5H3/t17-,19-,24-,25-,26+,27+,28-,29-,30-,31-,32+,33+,34+,35+/m0/s1. The van der Waals surface area contributed by atoms with Crippen LogP contribution in [0, 0.1) is 40.4 Å². The van der Waals surface area contributed by atoms with E-state index in [-0.39, 0.29) is 60.9 Å². The number of aliphatic hydroxyl groups excluding tert-OH is 4. The molecule has 1 aromatic carbocycles. The molecule has 4 aliphatic carbocycles. The van der Waals surface area contributed by atoms with Gasteiger partial charge in [0.15, 0.2) is 17.3 Å². The summed E-state index contributed by atoms with van der Waals surface area (Å²) in [4.78, 5) is 14.2. The van der Waals surface area contributed by atoms with Crippen molar-refractivity contribution in [2.24, 2.45) is 40.4 Å². The van der Waals surface area contributed by atoms with Crippen molar-refractivity contribution in [1.82, 2.24) is 0 Å². The number of carbonyl (C=O) groups is 1. The van der Waals surface area contributed by atoms with Crippen LogP contribution in [-0.2, 0) is 9.53 Å². The minimum absolute atomic E-state index is 0.0290. The van der Waals surface area contributed by atoms with Crippen LogP contribution in [0.2, 0.25) is 0 Å². The molecule has 0 bridgehead atoms. The quantitative estimate of drug-likeness (QED) is 0.216. The number of phenolic OH excluding ortho intramolecular Hbond substituents is 2. The number of ketones is 1. The van der Waals surface area contributed by atoms with Gasteiger partial charge >= 0.3 is 0 Å². The second-order valence-corrected chi connectivity index (χ2v) is 15.7. The predicted molar refractivity (Wildman–Crippen MR) is 163 cm³/mol. The lowest BCUT2D eigenvalue weighted by atomic mass is 9.43. The molecule has 1 aliphatic heterocycles. The molecule has 10 nitrogen and oxygen atoms in total. The third kappa shape index (κ3) is 4.36. The minimum Gasteiger partial charge on any atom is -0.504 e. The molecule has 0 unspecified atom stereocenters. The highest BCUT2D eigenvalue weighted by Crippen LogP contribution is 2.72. The van der Waals surface area contributed by atoms with E-state index < -0.39 is 70.3 Å². The molecule has 10 heteroatoms. The summed E-state index contributed by atoms with van der Waals surface area (Å²) in [7, 11) is 0. The molecule has 250 valence electrons. The first-order valence-electron chi connectivity index (χ1n) is 16.5. The van der Waals surface area contributed by atoms with Gasteiger partial charge in [0.1, 0.15) is 11.7 Å². The van der Waals surface area contributed by atoms with Gasteiger partial charge in [0.25, 0.3) is 0 Å². The van der Waals surface area contributed by atoms with Crippen LogP contribution in [0.5, 0.6) is 11.5 Å². The fourth-order valence-electron chi connectivity index (χ4n) is 10.7. The number of hydrogen-bond donors (Lipinski definition) is 8. The molecule has 0 spiro atoms. The van der Waals surface area contributed by atoms with Crippen LogP contribution >= 0.6 is 0 Å². The Balaban J connectivity index is 1.41. The minimum atomic E-state index is -1.61. The number of fused-ring (bicyclic) bond motifs is 7. The van der Waals surface area contributed by atoms with Gasteiger partial charge in [-0.25, -0.2) is 0 Å². The van der Waals surface area contributed by atoms with Crippen LogP contribution in [0.1, 0.15) is 78.2 Å². The highest BCUT2D eigenvalue weighted by Gasteiger charge is 2.76. The van der Waals surface area contributed by atoms with Crippen molar-refractivity contribution in [3.63, 3.8) is 0 Å². The number of carbonyl (C=O) groups excluding carboxylic acids is 1. The van der Waals surface area contributed by atoms with Gasteiger partial charge in [-0.15, -0.1) is 0 Å². The van der Waals surface area contributed by atoms with E-state index in [2.05, 4.69) is 0 Å². The van der Waals surface area contributed by atoms with Crippen molar-refractivity contribution in [1.29, 1.82) is 0 Å². The Morgan fingerprint density at radius 1 is 1.04 bits per heavy atom. The Hall–Kier alpha value is -2.05. The van der Waals surface area contributed by atoms with Gasteiger partial charge in [-0.3, -0.25) is 4.79 Å². The molecule has 3 saturated carbocycles. The first-order chi connectivity index (χ1) is 21.0. The summed E-state index contributed by atoms with van der Waals surface area (Å²) in [6.07, 6.45) is -2.30. The Labute approximate surface area is 264 Å². The maximum absolute atomic E-state index is 14.2. The SMILES string of the molecule is CC(C)[C@H](C)[C@H](O)[C@@H]1O[C@H]2C[C@@]3(O)C4=CC(=O)[C@@H]5[C@@H](c6ccc(O)c(O)c6)[C@@H](O)[C@@H](O)C[C@]5(C)[C@H]4CC[C@]3(C)[C@H]2[C@]1(O)CCO. The van der Waals surface area contributed by atoms with Gasteiger partial charge in [-0.05, 0) is 71.8 Å². The van der Waals surface area contributed by atoms with E-state index in [9.17, 15) is 45.6 Å². The van der Waals surface area contributed by atoms with Gasteiger partial charge < -0.3 is 45.6 Å². The first-order valence-corrected chi connectivity index (χ1v) is 16.5. The zero-order valence-corrected chi connectivity index (χ0v) is 26.8. The second-order valence-electron chi connectivity index (χ2n) is 15.7. The summed E-state index contributed by atoms with van der Waals surface area (Å²) < 4.78 is 6.47. The van der Waals surface area contributed by atoms with E-state index in [0.717, 1.165) is 0 Å². The highest BCUT2D eigenvalue weighted by atomic mass is 16.5. The predicted octanol–water partition coefficient (Wildman–Crippen LogP) is 2.14. The lowest BCUT2D eigenvalue weighted by Gasteiger charge is -2.62. The molecule has 14 atom stereocenters. The number of phenols is 2. The zero-order chi connectivity index (χ0) is 33.0. The maximum Gasteiger partial charge on any atom is 0.160 e. The van der Waals surface area contributed by atoms with Gasteiger partial charge in [-0.1, -0.05) is 40.7 Å². The number of aliphatic hydroxyl groups is 6. The van der Waals surface area contributed by atoms with Gasteiger partial charge in [0.2, 0.25) is 0 Å².